The van der Waals surface area contributed by atoms with Gasteiger partial charge in [-0.05, 0) is 30.4 Å². The van der Waals surface area contributed by atoms with Crippen LogP contribution in [0.4, 0.5) is 0 Å². The van der Waals surface area contributed by atoms with Crippen LogP contribution in [-0.2, 0) is 9.53 Å². The lowest BCUT2D eigenvalue weighted by atomic mass is 9.73. The summed E-state index contributed by atoms with van der Waals surface area (Å²) in [4.78, 5) is 19.1. The smallest absolute Gasteiger partial charge is 0.306 e. The van der Waals surface area contributed by atoms with Crippen LogP contribution in [0.15, 0.2) is 49.2 Å². The third-order valence-corrected chi connectivity index (χ3v) is 8.17. The first-order valence-corrected chi connectivity index (χ1v) is 12.2. The van der Waals surface area contributed by atoms with Crippen LogP contribution in [0.2, 0.25) is 0 Å². The van der Waals surface area contributed by atoms with Crippen LogP contribution in [-0.4, -0.2) is 30.1 Å². The Morgan fingerprint density at radius 2 is 2.06 bits per heavy atom. The lowest BCUT2D eigenvalue weighted by Gasteiger charge is -2.48. The van der Waals surface area contributed by atoms with Crippen LogP contribution >= 0.6 is 0 Å². The Morgan fingerprint density at radius 1 is 1.23 bits per heavy atom. The van der Waals surface area contributed by atoms with E-state index in [0.29, 0.717) is 30.2 Å². The minimum atomic E-state index is -0.201. The molecule has 3 saturated heterocycles. The van der Waals surface area contributed by atoms with Crippen LogP contribution in [0.5, 0.6) is 0 Å². The van der Waals surface area contributed by atoms with Crippen molar-refractivity contribution in [2.45, 2.75) is 63.5 Å². The normalized spacial score (nSPS) is 29.2. The highest BCUT2D eigenvalue weighted by atomic mass is 16.5. The third-order valence-electron chi connectivity index (χ3n) is 8.17. The molecule has 164 valence electrons. The number of nitrogens with zero attached hydrogens (tertiary/aromatic N) is 1. The van der Waals surface area contributed by atoms with E-state index in [2.05, 4.69) is 35.8 Å². The minimum Gasteiger partial charge on any atom is -0.451 e. The van der Waals surface area contributed by atoms with Gasteiger partial charge in [0, 0.05) is 42.3 Å². The average molecular weight is 420 g/mol. The number of rotatable bonds is 7. The van der Waals surface area contributed by atoms with E-state index in [1.807, 2.05) is 18.3 Å². The molecule has 6 rings (SSSR count). The van der Waals surface area contributed by atoms with Gasteiger partial charge >= 0.3 is 5.97 Å². The minimum absolute atomic E-state index is 0.0277. The number of ether oxygens (including phenoxy) is 1. The van der Waals surface area contributed by atoms with E-state index in [4.69, 9.17) is 4.74 Å². The molecule has 4 heteroatoms. The number of fused-ring (bicyclic) bond motifs is 4. The summed E-state index contributed by atoms with van der Waals surface area (Å²) in [6.07, 6.45) is 12.9. The number of para-hydroxylation sites is 1. The number of esters is 1. The summed E-state index contributed by atoms with van der Waals surface area (Å²) in [7, 11) is 0. The van der Waals surface area contributed by atoms with Gasteiger partial charge in [-0.15, -0.1) is 6.58 Å². The predicted molar refractivity (Wildman–Crippen MR) is 123 cm³/mol. The molecular formula is C27H35N2O2+. The van der Waals surface area contributed by atoms with Crippen molar-refractivity contribution in [3.05, 3.63) is 54.7 Å². The van der Waals surface area contributed by atoms with Crippen LogP contribution < -0.4 is 4.90 Å². The van der Waals surface area contributed by atoms with Crippen LogP contribution in [0.3, 0.4) is 0 Å². The van der Waals surface area contributed by atoms with E-state index in [1.54, 1.807) is 4.90 Å². The monoisotopic (exact) mass is 419 g/mol. The fraction of sp³-hybridized carbons (Fsp3) is 0.556. The first-order valence-electron chi connectivity index (χ1n) is 12.2. The summed E-state index contributed by atoms with van der Waals surface area (Å²) in [5, 5.41) is 1.11. The molecule has 4 aliphatic rings. The topological polar surface area (TPSA) is 43.6 Å². The van der Waals surface area contributed by atoms with Gasteiger partial charge in [0.1, 0.15) is 6.04 Å². The maximum absolute atomic E-state index is 13.0. The van der Waals surface area contributed by atoms with E-state index in [-0.39, 0.29) is 12.1 Å². The zero-order valence-electron chi connectivity index (χ0n) is 18.5. The van der Waals surface area contributed by atoms with E-state index in [1.165, 1.54) is 38.6 Å². The van der Waals surface area contributed by atoms with Gasteiger partial charge < -0.3 is 9.64 Å². The third kappa shape index (κ3) is 4.27. The van der Waals surface area contributed by atoms with Crippen molar-refractivity contribution in [2.75, 3.05) is 13.1 Å². The van der Waals surface area contributed by atoms with Gasteiger partial charge in [-0.3, -0.25) is 9.78 Å². The van der Waals surface area contributed by atoms with Crippen molar-refractivity contribution < 1.29 is 14.4 Å². The van der Waals surface area contributed by atoms with Gasteiger partial charge in [0.25, 0.3) is 0 Å². The summed E-state index contributed by atoms with van der Waals surface area (Å²) < 4.78 is 6.35. The largest absolute Gasteiger partial charge is 0.451 e. The number of quaternary nitrogens is 1. The van der Waals surface area contributed by atoms with Crippen molar-refractivity contribution in [2.24, 2.45) is 17.8 Å². The van der Waals surface area contributed by atoms with Gasteiger partial charge in [0.2, 0.25) is 0 Å². The molecule has 1 aliphatic carbocycles. The second-order valence-corrected chi connectivity index (χ2v) is 9.92. The molecule has 0 amide bonds. The van der Waals surface area contributed by atoms with Gasteiger partial charge in [-0.25, -0.2) is 0 Å². The SMILES string of the molecule is C=C[C@H]1C[NH+]2CC[C@H]1C[C@H]2[C@H](OC(=O)CCC1CCCC1)c1ccnc2ccccc12. The molecule has 1 unspecified atom stereocenters. The number of pyridine rings is 1. The van der Waals surface area contributed by atoms with Crippen LogP contribution in [0.1, 0.15) is 63.0 Å². The van der Waals surface area contributed by atoms with Gasteiger partial charge in [-0.1, -0.05) is 50.0 Å². The molecule has 3 aliphatic heterocycles. The van der Waals surface area contributed by atoms with Crippen LogP contribution in [0, 0.1) is 17.8 Å². The van der Waals surface area contributed by atoms with Crippen molar-refractivity contribution in [3.63, 3.8) is 0 Å². The highest BCUT2D eigenvalue weighted by molar-refractivity contribution is 5.82. The maximum Gasteiger partial charge on any atom is 0.306 e. The molecule has 4 heterocycles. The maximum atomic E-state index is 13.0. The molecule has 31 heavy (non-hydrogen) atoms. The number of aromatic nitrogens is 1. The molecule has 2 bridgehead atoms. The Morgan fingerprint density at radius 3 is 2.84 bits per heavy atom. The Bertz CT molecular complexity index is 930. The molecule has 1 aromatic carbocycles. The zero-order valence-corrected chi connectivity index (χ0v) is 18.5. The first-order chi connectivity index (χ1) is 15.2. The van der Waals surface area contributed by atoms with Gasteiger partial charge in [0.15, 0.2) is 6.10 Å². The van der Waals surface area contributed by atoms with E-state index < -0.39 is 0 Å². The number of piperidine rings is 3. The number of nitrogens with one attached hydrogen (secondary N) is 1. The predicted octanol–water partition coefficient (Wildman–Crippen LogP) is 4.27. The number of hydrogen-bond donors (Lipinski definition) is 1. The van der Waals surface area contributed by atoms with Crippen molar-refractivity contribution in [1.29, 1.82) is 0 Å². The summed E-state index contributed by atoms with van der Waals surface area (Å²) in [5.41, 5.74) is 2.10. The molecule has 1 saturated carbocycles. The summed E-state index contributed by atoms with van der Waals surface area (Å²) >= 11 is 0. The number of benzene rings is 1. The Hall–Kier alpha value is -2.20. The molecular weight excluding hydrogens is 384 g/mol. The highest BCUT2D eigenvalue weighted by Gasteiger charge is 2.47. The molecule has 4 fully saturated rings. The zero-order chi connectivity index (χ0) is 21.2. The number of carbonyl (C=O) groups is 1. The molecule has 4 nitrogen and oxygen atoms in total. The first kappa shape index (κ1) is 20.7. The summed E-state index contributed by atoms with van der Waals surface area (Å²) in [5.74, 6) is 1.93. The summed E-state index contributed by atoms with van der Waals surface area (Å²) in [6, 6.07) is 10.6. The fourth-order valence-electron chi connectivity index (χ4n) is 6.44. The lowest BCUT2D eigenvalue weighted by Crippen LogP contribution is -3.20. The highest BCUT2D eigenvalue weighted by Crippen LogP contribution is 2.36. The van der Waals surface area contributed by atoms with Crippen LogP contribution in [0.25, 0.3) is 10.9 Å². The molecule has 2 aromatic rings. The second kappa shape index (κ2) is 9.12. The Balaban J connectivity index is 1.41. The molecule has 5 atom stereocenters. The van der Waals surface area contributed by atoms with Crippen molar-refractivity contribution >= 4 is 16.9 Å². The van der Waals surface area contributed by atoms with Crippen molar-refractivity contribution in [1.82, 2.24) is 4.98 Å². The van der Waals surface area contributed by atoms with E-state index in [0.717, 1.165) is 35.9 Å². The average Bonchev–Trinajstić information content (AvgIpc) is 3.35. The Labute approximate surface area is 185 Å². The number of carbonyl (C=O) groups excluding carboxylic acids is 1. The quantitative estimate of drug-likeness (QED) is 0.538. The van der Waals surface area contributed by atoms with E-state index >= 15 is 0 Å². The second-order valence-electron chi connectivity index (χ2n) is 9.92. The molecule has 0 radical (unpaired) electrons. The molecule has 1 N–H and O–H groups in total. The van der Waals surface area contributed by atoms with Gasteiger partial charge in [0.05, 0.1) is 18.6 Å². The standard InChI is InChI=1S/C27H34N2O2/c1-2-20-18-29-16-14-21(20)17-25(29)27(31-26(30)12-11-19-7-3-4-8-19)23-13-15-28-24-10-6-5-9-22(23)24/h2,5-6,9-10,13,15,19-21,25,27H,1,3-4,7-8,11-12,14,16-18H2/p+1/t20-,21-,25-,27+/m0/s1. The molecule has 1 aromatic heterocycles. The lowest BCUT2D eigenvalue weighted by molar-refractivity contribution is -0.949. The van der Waals surface area contributed by atoms with Crippen molar-refractivity contribution in [3.8, 4) is 0 Å². The number of hydrogen-bond acceptors (Lipinski definition) is 3. The van der Waals surface area contributed by atoms with E-state index in [9.17, 15) is 4.79 Å². The fourth-order valence-corrected chi connectivity index (χ4v) is 6.44. The van der Waals surface area contributed by atoms with Gasteiger partial charge in [-0.2, -0.15) is 0 Å². The Kier molecular flexibility index (Phi) is 6.08. The molecule has 0 spiro atoms. The summed E-state index contributed by atoms with van der Waals surface area (Å²) in [6.45, 7) is 6.35.